The fraction of sp³-hybridized carbons (Fsp3) is 0.667. The molecule has 1 aromatic heterocycles. The van der Waals surface area contributed by atoms with Crippen molar-refractivity contribution < 1.29 is 4.74 Å². The van der Waals surface area contributed by atoms with Crippen LogP contribution in [0.1, 0.15) is 31.8 Å². The lowest BCUT2D eigenvalue weighted by Crippen LogP contribution is -2.07. The van der Waals surface area contributed by atoms with Gasteiger partial charge in [-0.25, -0.2) is 9.97 Å². The highest BCUT2D eigenvalue weighted by atomic mass is 16.5. The van der Waals surface area contributed by atoms with E-state index in [-0.39, 0.29) is 0 Å². The highest BCUT2D eigenvalue weighted by molar-refractivity contribution is 5.35. The van der Waals surface area contributed by atoms with Crippen LogP contribution in [0.3, 0.4) is 0 Å². The zero-order valence-electron chi connectivity index (χ0n) is 10.4. The molecule has 0 aromatic carbocycles. The largest absolute Gasteiger partial charge is 0.381 e. The zero-order valence-corrected chi connectivity index (χ0v) is 10.4. The summed E-state index contributed by atoms with van der Waals surface area (Å²) in [6, 6.07) is 2.01. The number of hydrogen-bond acceptors (Lipinski definition) is 4. The van der Waals surface area contributed by atoms with E-state index in [4.69, 9.17) is 4.74 Å². The monoisotopic (exact) mass is 223 g/mol. The average molecular weight is 223 g/mol. The average Bonchev–Trinajstić information content (AvgIpc) is 2.29. The minimum Gasteiger partial charge on any atom is -0.381 e. The lowest BCUT2D eigenvalue weighted by Gasteiger charge is -2.07. The van der Waals surface area contributed by atoms with E-state index in [0.717, 1.165) is 43.2 Å². The first-order chi connectivity index (χ1) is 7.80. The van der Waals surface area contributed by atoms with Gasteiger partial charge in [0.1, 0.15) is 11.6 Å². The van der Waals surface area contributed by atoms with Crippen molar-refractivity contribution in [3.05, 3.63) is 17.6 Å². The molecule has 0 saturated heterocycles. The zero-order chi connectivity index (χ0) is 11.8. The van der Waals surface area contributed by atoms with Crippen molar-refractivity contribution in [3.8, 4) is 0 Å². The van der Waals surface area contributed by atoms with Crippen LogP contribution in [0.5, 0.6) is 0 Å². The van der Waals surface area contributed by atoms with Crippen LogP contribution in [0.4, 0.5) is 5.82 Å². The Morgan fingerprint density at radius 3 is 2.69 bits per heavy atom. The lowest BCUT2D eigenvalue weighted by atomic mass is 10.2. The third-order valence-electron chi connectivity index (χ3n) is 2.26. The summed E-state index contributed by atoms with van der Waals surface area (Å²) in [4.78, 5) is 8.92. The molecule has 1 aromatic rings. The molecule has 0 fully saturated rings. The molecule has 0 radical (unpaired) electrons. The molecule has 1 heterocycles. The standard InChI is InChI=1S/C12H21N3O/c1-4-6-10-9-12(13-3)15-11(14-10)7-8-16-5-2/h9H,4-8H2,1-3H3,(H,13,14,15). The molecule has 4 heteroatoms. The smallest absolute Gasteiger partial charge is 0.133 e. The van der Waals surface area contributed by atoms with Crippen molar-refractivity contribution in [2.24, 2.45) is 0 Å². The quantitative estimate of drug-likeness (QED) is 0.719. The molecule has 0 saturated carbocycles. The summed E-state index contributed by atoms with van der Waals surface area (Å²) in [5.41, 5.74) is 1.10. The summed E-state index contributed by atoms with van der Waals surface area (Å²) in [5.74, 6) is 1.76. The molecule has 0 aliphatic rings. The second-order valence-electron chi connectivity index (χ2n) is 3.61. The van der Waals surface area contributed by atoms with Crippen molar-refractivity contribution in [2.75, 3.05) is 25.6 Å². The van der Waals surface area contributed by atoms with Gasteiger partial charge < -0.3 is 10.1 Å². The van der Waals surface area contributed by atoms with Gasteiger partial charge in [0.15, 0.2) is 0 Å². The van der Waals surface area contributed by atoms with Gasteiger partial charge >= 0.3 is 0 Å². The van der Waals surface area contributed by atoms with Crippen molar-refractivity contribution in [3.63, 3.8) is 0 Å². The number of nitrogens with zero attached hydrogens (tertiary/aromatic N) is 2. The summed E-state index contributed by atoms with van der Waals surface area (Å²) >= 11 is 0. The summed E-state index contributed by atoms with van der Waals surface area (Å²) < 4.78 is 5.31. The van der Waals surface area contributed by atoms with E-state index in [1.165, 1.54) is 0 Å². The molecule has 1 N–H and O–H groups in total. The van der Waals surface area contributed by atoms with E-state index in [9.17, 15) is 0 Å². The molecule has 4 nitrogen and oxygen atoms in total. The summed E-state index contributed by atoms with van der Waals surface area (Å²) in [7, 11) is 1.88. The fourth-order valence-corrected chi connectivity index (χ4v) is 1.48. The van der Waals surface area contributed by atoms with Gasteiger partial charge in [0, 0.05) is 31.8 Å². The van der Waals surface area contributed by atoms with Crippen LogP contribution in [0.15, 0.2) is 6.07 Å². The van der Waals surface area contributed by atoms with E-state index in [1.807, 2.05) is 20.0 Å². The molecular weight excluding hydrogens is 202 g/mol. The van der Waals surface area contributed by atoms with Gasteiger partial charge in [-0.15, -0.1) is 0 Å². The Bertz CT molecular complexity index is 315. The number of rotatable bonds is 7. The van der Waals surface area contributed by atoms with Crippen LogP contribution < -0.4 is 5.32 Å². The van der Waals surface area contributed by atoms with Crippen LogP contribution in [0.2, 0.25) is 0 Å². The molecule has 16 heavy (non-hydrogen) atoms. The molecule has 0 aliphatic carbocycles. The second-order valence-corrected chi connectivity index (χ2v) is 3.61. The third kappa shape index (κ3) is 4.14. The van der Waals surface area contributed by atoms with E-state index >= 15 is 0 Å². The number of ether oxygens (including phenoxy) is 1. The van der Waals surface area contributed by atoms with E-state index in [1.54, 1.807) is 0 Å². The van der Waals surface area contributed by atoms with Gasteiger partial charge in [-0.1, -0.05) is 13.3 Å². The summed E-state index contributed by atoms with van der Waals surface area (Å²) in [6.45, 7) is 5.58. The number of aromatic nitrogens is 2. The Kier molecular flexibility index (Phi) is 5.78. The van der Waals surface area contributed by atoms with E-state index in [0.29, 0.717) is 6.61 Å². The minimum atomic E-state index is 0.690. The molecule has 90 valence electrons. The molecular formula is C12H21N3O. The maximum absolute atomic E-state index is 5.31. The fourth-order valence-electron chi connectivity index (χ4n) is 1.48. The molecule has 0 amide bonds. The lowest BCUT2D eigenvalue weighted by molar-refractivity contribution is 0.149. The van der Waals surface area contributed by atoms with Crippen LogP contribution in [0.25, 0.3) is 0 Å². The Labute approximate surface area is 97.5 Å². The van der Waals surface area contributed by atoms with Crippen molar-refractivity contribution in [2.45, 2.75) is 33.1 Å². The van der Waals surface area contributed by atoms with Gasteiger partial charge in [-0.05, 0) is 13.3 Å². The Hall–Kier alpha value is -1.16. The van der Waals surface area contributed by atoms with Crippen LogP contribution in [-0.2, 0) is 17.6 Å². The Morgan fingerprint density at radius 1 is 1.25 bits per heavy atom. The van der Waals surface area contributed by atoms with Crippen molar-refractivity contribution in [1.29, 1.82) is 0 Å². The second kappa shape index (κ2) is 7.17. The molecule has 0 atom stereocenters. The summed E-state index contributed by atoms with van der Waals surface area (Å²) in [6.07, 6.45) is 2.88. The predicted octanol–water partition coefficient (Wildman–Crippen LogP) is 2.05. The van der Waals surface area contributed by atoms with E-state index in [2.05, 4.69) is 22.2 Å². The number of anilines is 1. The first kappa shape index (κ1) is 12.9. The molecule has 0 aliphatic heterocycles. The molecule has 0 unspecified atom stereocenters. The summed E-state index contributed by atoms with van der Waals surface area (Å²) in [5, 5.41) is 3.06. The SMILES string of the molecule is CCCc1cc(NC)nc(CCOCC)n1. The van der Waals surface area contributed by atoms with Gasteiger partial charge in [0.05, 0.1) is 6.61 Å². The van der Waals surface area contributed by atoms with Gasteiger partial charge in [0.2, 0.25) is 0 Å². The number of hydrogen-bond donors (Lipinski definition) is 1. The predicted molar refractivity (Wildman–Crippen MR) is 65.8 cm³/mol. The first-order valence-corrected chi connectivity index (χ1v) is 5.92. The maximum Gasteiger partial charge on any atom is 0.133 e. The molecule has 1 rings (SSSR count). The minimum absolute atomic E-state index is 0.690. The Morgan fingerprint density at radius 2 is 2.06 bits per heavy atom. The van der Waals surface area contributed by atoms with Crippen LogP contribution in [0, 0.1) is 0 Å². The molecule has 0 bridgehead atoms. The van der Waals surface area contributed by atoms with E-state index < -0.39 is 0 Å². The number of aryl methyl sites for hydroxylation is 1. The highest BCUT2D eigenvalue weighted by Crippen LogP contribution is 2.08. The first-order valence-electron chi connectivity index (χ1n) is 5.92. The van der Waals surface area contributed by atoms with Gasteiger partial charge in [-0.2, -0.15) is 0 Å². The van der Waals surface area contributed by atoms with Crippen LogP contribution in [-0.4, -0.2) is 30.2 Å². The normalized spacial score (nSPS) is 10.4. The molecule has 0 spiro atoms. The van der Waals surface area contributed by atoms with Gasteiger partial charge in [-0.3, -0.25) is 0 Å². The number of nitrogens with one attached hydrogen (secondary N) is 1. The third-order valence-corrected chi connectivity index (χ3v) is 2.26. The van der Waals surface area contributed by atoms with Crippen molar-refractivity contribution >= 4 is 5.82 Å². The van der Waals surface area contributed by atoms with Crippen molar-refractivity contribution in [1.82, 2.24) is 9.97 Å². The highest BCUT2D eigenvalue weighted by Gasteiger charge is 2.03. The van der Waals surface area contributed by atoms with Crippen LogP contribution >= 0.6 is 0 Å². The van der Waals surface area contributed by atoms with Gasteiger partial charge in [0.25, 0.3) is 0 Å². The Balaban J connectivity index is 2.69. The topological polar surface area (TPSA) is 47.0 Å². The maximum atomic E-state index is 5.31.